The van der Waals surface area contributed by atoms with Gasteiger partial charge in [0.15, 0.2) is 5.13 Å². The third kappa shape index (κ3) is 5.66. The van der Waals surface area contributed by atoms with Crippen molar-refractivity contribution >= 4 is 56.0 Å². The van der Waals surface area contributed by atoms with E-state index >= 15 is 0 Å². The smallest absolute Gasteiger partial charge is 0.270 e. The maximum Gasteiger partial charge on any atom is 0.270 e. The molecule has 0 radical (unpaired) electrons. The number of aromatic nitrogens is 1. The monoisotopic (exact) mass is 458 g/mol. The first kappa shape index (κ1) is 22.9. The molecule has 1 heterocycles. The van der Waals surface area contributed by atoms with Gasteiger partial charge in [-0.25, -0.2) is 4.98 Å². The van der Waals surface area contributed by atoms with Crippen LogP contribution >= 0.6 is 22.9 Å². The highest BCUT2D eigenvalue weighted by Crippen LogP contribution is 2.33. The lowest BCUT2D eigenvalue weighted by molar-refractivity contribution is -0.384. The van der Waals surface area contributed by atoms with Crippen molar-refractivity contribution in [3.63, 3.8) is 0 Å². The average Bonchev–Trinajstić information content (AvgIpc) is 3.20. The normalized spacial score (nSPS) is 11.5. The summed E-state index contributed by atoms with van der Waals surface area (Å²) in [4.78, 5) is 32.1. The third-order valence-electron chi connectivity index (χ3n) is 4.89. The number of likely N-dealkylation sites (N-methyl/N-ethyl adjacent to an activating group) is 1. The van der Waals surface area contributed by atoms with Crippen molar-refractivity contribution in [2.45, 2.75) is 13.8 Å². The molecule has 2 aromatic carbocycles. The number of nitro groups is 1. The summed E-state index contributed by atoms with van der Waals surface area (Å²) in [6, 6.07) is 11.7. The highest BCUT2D eigenvalue weighted by Gasteiger charge is 2.19. The number of nitrogens with zero attached hydrogens (tertiary/aromatic N) is 4. The standard InChI is InChI=1S/C22H23ClN4O3S/c1-3-25(4-2)13-14-26(22-24-21-18(23)9-6-10-19(21)31-22)20(28)12-11-16-7-5-8-17(15-16)27(29)30/h5-12,15H,3-4,13-14H2,1-2H3/b12-11+. The lowest BCUT2D eigenvalue weighted by atomic mass is 10.2. The van der Waals surface area contributed by atoms with Gasteiger partial charge in [-0.15, -0.1) is 0 Å². The van der Waals surface area contributed by atoms with Crippen LogP contribution in [-0.4, -0.2) is 46.9 Å². The zero-order valence-electron chi connectivity index (χ0n) is 17.3. The Hall–Kier alpha value is -2.81. The third-order valence-corrected chi connectivity index (χ3v) is 6.24. The number of nitro benzene ring substituents is 1. The fourth-order valence-electron chi connectivity index (χ4n) is 3.10. The Morgan fingerprint density at radius 2 is 1.94 bits per heavy atom. The van der Waals surface area contributed by atoms with Crippen LogP contribution in [0.15, 0.2) is 48.5 Å². The molecule has 0 aliphatic heterocycles. The van der Waals surface area contributed by atoms with E-state index in [9.17, 15) is 14.9 Å². The highest BCUT2D eigenvalue weighted by molar-refractivity contribution is 7.22. The minimum Gasteiger partial charge on any atom is -0.302 e. The number of para-hydroxylation sites is 1. The van der Waals surface area contributed by atoms with Gasteiger partial charge < -0.3 is 4.90 Å². The van der Waals surface area contributed by atoms with Gasteiger partial charge in [-0.1, -0.05) is 55.0 Å². The van der Waals surface area contributed by atoms with E-state index in [1.54, 1.807) is 29.2 Å². The molecule has 7 nitrogen and oxygen atoms in total. The molecule has 1 aromatic heterocycles. The number of carbonyl (C=O) groups excluding carboxylic acids is 1. The molecular formula is C22H23ClN4O3S. The van der Waals surface area contributed by atoms with Crippen LogP contribution in [0.2, 0.25) is 5.02 Å². The van der Waals surface area contributed by atoms with Crippen molar-refractivity contribution in [1.82, 2.24) is 9.88 Å². The van der Waals surface area contributed by atoms with Gasteiger partial charge in [0.1, 0.15) is 5.52 Å². The second-order valence-corrected chi connectivity index (χ2v) is 8.20. The number of anilines is 1. The first-order valence-electron chi connectivity index (χ1n) is 9.94. The Bertz CT molecular complexity index is 1110. The highest BCUT2D eigenvalue weighted by atomic mass is 35.5. The molecule has 0 unspecified atom stereocenters. The molecule has 0 fully saturated rings. The van der Waals surface area contributed by atoms with E-state index in [2.05, 4.69) is 23.7 Å². The van der Waals surface area contributed by atoms with Crippen LogP contribution in [0.1, 0.15) is 19.4 Å². The van der Waals surface area contributed by atoms with Crippen LogP contribution in [0.5, 0.6) is 0 Å². The number of hydrogen-bond acceptors (Lipinski definition) is 6. The number of amides is 1. The fraction of sp³-hybridized carbons (Fsp3) is 0.273. The number of non-ortho nitro benzene ring substituents is 1. The van der Waals surface area contributed by atoms with E-state index in [4.69, 9.17) is 11.6 Å². The van der Waals surface area contributed by atoms with Crippen molar-refractivity contribution < 1.29 is 9.72 Å². The number of rotatable bonds is 9. The zero-order chi connectivity index (χ0) is 22.4. The molecule has 0 N–H and O–H groups in total. The summed E-state index contributed by atoms with van der Waals surface area (Å²) < 4.78 is 0.908. The largest absolute Gasteiger partial charge is 0.302 e. The average molecular weight is 459 g/mol. The van der Waals surface area contributed by atoms with Gasteiger partial charge in [0.05, 0.1) is 14.6 Å². The molecule has 3 aromatic rings. The van der Waals surface area contributed by atoms with Crippen molar-refractivity contribution in [1.29, 1.82) is 0 Å². The number of benzene rings is 2. The molecule has 162 valence electrons. The van der Waals surface area contributed by atoms with Crippen LogP contribution in [0.4, 0.5) is 10.8 Å². The Labute approximate surface area is 189 Å². The van der Waals surface area contributed by atoms with E-state index in [-0.39, 0.29) is 11.6 Å². The van der Waals surface area contributed by atoms with Crippen molar-refractivity contribution in [3.05, 3.63) is 69.2 Å². The predicted octanol–water partition coefficient (Wildman–Crippen LogP) is 5.25. The maximum atomic E-state index is 13.1. The summed E-state index contributed by atoms with van der Waals surface area (Å²) in [5, 5.41) is 12.1. The molecule has 3 rings (SSSR count). The Kier molecular flexibility index (Phi) is 7.73. The van der Waals surface area contributed by atoms with Gasteiger partial charge in [0.2, 0.25) is 0 Å². The van der Waals surface area contributed by atoms with Crippen molar-refractivity contribution in [2.24, 2.45) is 0 Å². The Morgan fingerprint density at radius 1 is 1.19 bits per heavy atom. The van der Waals surface area contributed by atoms with Gasteiger partial charge in [-0.3, -0.25) is 19.8 Å². The minimum atomic E-state index is -0.458. The number of carbonyl (C=O) groups is 1. The van der Waals surface area contributed by atoms with Gasteiger partial charge in [0, 0.05) is 31.3 Å². The SMILES string of the molecule is CCN(CC)CCN(C(=O)/C=C/c1cccc([N+](=O)[O-])c1)c1nc2c(Cl)cccc2s1. The Morgan fingerprint density at radius 3 is 2.61 bits per heavy atom. The van der Waals surface area contributed by atoms with E-state index in [1.165, 1.54) is 29.5 Å². The summed E-state index contributed by atoms with van der Waals surface area (Å²) >= 11 is 7.68. The number of thiazole rings is 1. The first-order valence-corrected chi connectivity index (χ1v) is 11.1. The second kappa shape index (κ2) is 10.5. The van der Waals surface area contributed by atoms with Gasteiger partial charge in [0.25, 0.3) is 11.6 Å². The summed E-state index contributed by atoms with van der Waals surface area (Å²) in [5.41, 5.74) is 1.24. The van der Waals surface area contributed by atoms with E-state index < -0.39 is 4.92 Å². The number of fused-ring (bicyclic) bond motifs is 1. The molecule has 0 atom stereocenters. The molecule has 9 heteroatoms. The van der Waals surface area contributed by atoms with Crippen molar-refractivity contribution in [2.75, 3.05) is 31.1 Å². The quantitative estimate of drug-likeness (QED) is 0.248. The van der Waals surface area contributed by atoms with Crippen LogP contribution in [0.25, 0.3) is 16.3 Å². The van der Waals surface area contributed by atoms with Crippen LogP contribution in [0, 0.1) is 10.1 Å². The topological polar surface area (TPSA) is 79.6 Å². The van der Waals surface area contributed by atoms with E-state index in [0.29, 0.717) is 34.3 Å². The molecule has 0 saturated heterocycles. The van der Waals surface area contributed by atoms with E-state index in [1.807, 2.05) is 12.1 Å². The predicted molar refractivity (Wildman–Crippen MR) is 127 cm³/mol. The first-order chi connectivity index (χ1) is 14.9. The van der Waals surface area contributed by atoms with Gasteiger partial charge >= 0.3 is 0 Å². The minimum absolute atomic E-state index is 0.0196. The van der Waals surface area contributed by atoms with Gasteiger partial charge in [-0.2, -0.15) is 0 Å². The molecule has 1 amide bonds. The Balaban J connectivity index is 1.89. The fourth-order valence-corrected chi connectivity index (χ4v) is 4.40. The molecular weight excluding hydrogens is 436 g/mol. The molecule has 0 aliphatic rings. The molecule has 0 aliphatic carbocycles. The van der Waals surface area contributed by atoms with Crippen LogP contribution in [-0.2, 0) is 4.79 Å². The summed E-state index contributed by atoms with van der Waals surface area (Å²) in [7, 11) is 0. The number of halogens is 1. The molecule has 31 heavy (non-hydrogen) atoms. The van der Waals surface area contributed by atoms with Crippen LogP contribution < -0.4 is 4.90 Å². The van der Waals surface area contributed by atoms with Crippen LogP contribution in [0.3, 0.4) is 0 Å². The summed E-state index contributed by atoms with van der Waals surface area (Å²) in [6.45, 7) is 7.09. The second-order valence-electron chi connectivity index (χ2n) is 6.79. The molecule has 0 bridgehead atoms. The van der Waals surface area contributed by atoms with Crippen molar-refractivity contribution in [3.8, 4) is 0 Å². The summed E-state index contributed by atoms with van der Waals surface area (Å²) in [5.74, 6) is -0.242. The molecule has 0 saturated carbocycles. The lowest BCUT2D eigenvalue weighted by Gasteiger charge is -2.23. The maximum absolute atomic E-state index is 13.1. The molecule has 0 spiro atoms. The lowest BCUT2D eigenvalue weighted by Crippen LogP contribution is -2.38. The van der Waals surface area contributed by atoms with E-state index in [0.717, 1.165) is 17.8 Å². The zero-order valence-corrected chi connectivity index (χ0v) is 18.9. The number of hydrogen-bond donors (Lipinski definition) is 0. The van der Waals surface area contributed by atoms with Gasteiger partial charge in [-0.05, 0) is 36.9 Å². The summed E-state index contributed by atoms with van der Waals surface area (Å²) in [6.07, 6.45) is 3.01.